The van der Waals surface area contributed by atoms with Crippen molar-refractivity contribution in [2.75, 3.05) is 0 Å². The third-order valence-corrected chi connectivity index (χ3v) is 5.65. The average Bonchev–Trinajstić information content (AvgIpc) is 3.04. The number of esters is 1. The number of aliphatic hydroxyl groups excluding tert-OH is 2. The van der Waals surface area contributed by atoms with Gasteiger partial charge in [-0.05, 0) is 43.1 Å². The molecule has 1 aliphatic rings. The standard InChI is InChI=1S/C24H38O6/c1-5-6-16-24(3,4)22(27)15-13-18-12-14-21(30-17(2)25)19(18)10-8-7-9-11-20(26)23(28)29/h7-8,13,15,18,20,22,26-27H,5-6,9-12,14,16H2,1-4H3,(H,28,29)/t18-,20?,22-/m1/s1. The van der Waals surface area contributed by atoms with Gasteiger partial charge in [0.25, 0.3) is 0 Å². The van der Waals surface area contributed by atoms with E-state index in [9.17, 15) is 19.8 Å². The van der Waals surface area contributed by atoms with Crippen molar-refractivity contribution in [2.45, 2.75) is 91.3 Å². The molecular weight excluding hydrogens is 384 g/mol. The number of carbonyl (C=O) groups excluding carboxylic acids is 1. The number of carboxylic acids is 1. The smallest absolute Gasteiger partial charge is 0.332 e. The Morgan fingerprint density at radius 3 is 2.57 bits per heavy atom. The molecule has 0 aliphatic heterocycles. The molecule has 0 saturated heterocycles. The monoisotopic (exact) mass is 422 g/mol. The minimum Gasteiger partial charge on any atom is -0.479 e. The van der Waals surface area contributed by atoms with Crippen LogP contribution >= 0.6 is 0 Å². The van der Waals surface area contributed by atoms with Gasteiger partial charge in [0.05, 0.1) is 6.10 Å². The van der Waals surface area contributed by atoms with E-state index in [0.717, 1.165) is 31.3 Å². The number of carboxylic acid groups (broad SMARTS) is 1. The summed E-state index contributed by atoms with van der Waals surface area (Å²) in [6, 6.07) is 0. The molecule has 3 atom stereocenters. The lowest BCUT2D eigenvalue weighted by molar-refractivity contribution is -0.146. The quantitative estimate of drug-likeness (QED) is 0.298. The molecule has 0 heterocycles. The minimum absolute atomic E-state index is 0.0882. The highest BCUT2D eigenvalue weighted by Crippen LogP contribution is 2.37. The predicted molar refractivity (Wildman–Crippen MR) is 117 cm³/mol. The molecule has 0 amide bonds. The van der Waals surface area contributed by atoms with E-state index in [1.807, 2.05) is 24.3 Å². The number of aliphatic hydroxyl groups is 2. The van der Waals surface area contributed by atoms with Crippen LogP contribution in [-0.4, -0.2) is 39.5 Å². The van der Waals surface area contributed by atoms with Crippen molar-refractivity contribution in [3.63, 3.8) is 0 Å². The number of unbranched alkanes of at least 4 members (excludes halogenated alkanes) is 1. The van der Waals surface area contributed by atoms with Crippen molar-refractivity contribution in [1.82, 2.24) is 0 Å². The molecule has 0 radical (unpaired) electrons. The number of rotatable bonds is 13. The second kappa shape index (κ2) is 12.7. The van der Waals surface area contributed by atoms with Gasteiger partial charge in [-0.2, -0.15) is 0 Å². The number of ether oxygens (including phenoxy) is 1. The summed E-state index contributed by atoms with van der Waals surface area (Å²) in [5, 5.41) is 28.7. The summed E-state index contributed by atoms with van der Waals surface area (Å²) in [5.74, 6) is -0.788. The van der Waals surface area contributed by atoms with Gasteiger partial charge in [0.2, 0.25) is 0 Å². The molecule has 3 N–H and O–H groups in total. The van der Waals surface area contributed by atoms with Gasteiger partial charge >= 0.3 is 11.9 Å². The van der Waals surface area contributed by atoms with Gasteiger partial charge in [-0.1, -0.05) is 57.9 Å². The average molecular weight is 423 g/mol. The van der Waals surface area contributed by atoms with Crippen LogP contribution in [-0.2, 0) is 14.3 Å². The molecule has 0 aromatic rings. The summed E-state index contributed by atoms with van der Waals surface area (Å²) >= 11 is 0. The number of allylic oxidation sites excluding steroid dienone is 5. The van der Waals surface area contributed by atoms with Crippen molar-refractivity contribution in [2.24, 2.45) is 11.3 Å². The zero-order chi connectivity index (χ0) is 22.7. The van der Waals surface area contributed by atoms with E-state index < -0.39 is 18.2 Å². The Hall–Kier alpha value is -1.92. The second-order valence-electron chi connectivity index (χ2n) is 8.72. The molecule has 30 heavy (non-hydrogen) atoms. The largest absolute Gasteiger partial charge is 0.479 e. The number of hydrogen-bond acceptors (Lipinski definition) is 5. The highest BCUT2D eigenvalue weighted by Gasteiger charge is 2.28. The van der Waals surface area contributed by atoms with Gasteiger partial charge in [0, 0.05) is 19.3 Å². The highest BCUT2D eigenvalue weighted by molar-refractivity contribution is 5.71. The Morgan fingerprint density at radius 2 is 1.97 bits per heavy atom. The first-order valence-electron chi connectivity index (χ1n) is 10.9. The summed E-state index contributed by atoms with van der Waals surface area (Å²) < 4.78 is 5.40. The van der Waals surface area contributed by atoms with E-state index in [4.69, 9.17) is 9.84 Å². The Bertz CT molecular complexity index is 659. The molecule has 0 saturated carbocycles. The third-order valence-electron chi connectivity index (χ3n) is 5.65. The van der Waals surface area contributed by atoms with E-state index in [-0.39, 0.29) is 23.7 Å². The maximum absolute atomic E-state index is 11.4. The maximum atomic E-state index is 11.4. The fourth-order valence-electron chi connectivity index (χ4n) is 3.58. The van der Waals surface area contributed by atoms with Gasteiger partial charge in [-0.25, -0.2) is 4.79 Å². The molecule has 0 aromatic carbocycles. The molecule has 1 rings (SSSR count). The van der Waals surface area contributed by atoms with Gasteiger partial charge in [-0.3, -0.25) is 4.79 Å². The molecule has 170 valence electrons. The van der Waals surface area contributed by atoms with Crippen molar-refractivity contribution in [1.29, 1.82) is 0 Å². The summed E-state index contributed by atoms with van der Waals surface area (Å²) in [4.78, 5) is 22.1. The summed E-state index contributed by atoms with van der Waals surface area (Å²) in [7, 11) is 0. The SMILES string of the molecule is CCCCC(C)(C)[C@H](O)C=C[C@H]1CCC(OC(C)=O)=C1CC=CCCC(O)C(=O)O. The fourth-order valence-corrected chi connectivity index (χ4v) is 3.58. The number of hydrogen-bond donors (Lipinski definition) is 3. The molecule has 0 spiro atoms. The van der Waals surface area contributed by atoms with Crippen molar-refractivity contribution in [3.05, 3.63) is 35.6 Å². The minimum atomic E-state index is -1.36. The highest BCUT2D eigenvalue weighted by atomic mass is 16.5. The van der Waals surface area contributed by atoms with Crippen LogP contribution in [0.5, 0.6) is 0 Å². The van der Waals surface area contributed by atoms with Crippen LogP contribution in [0.25, 0.3) is 0 Å². The molecule has 6 nitrogen and oxygen atoms in total. The van der Waals surface area contributed by atoms with Gasteiger partial charge in [-0.15, -0.1) is 0 Å². The predicted octanol–water partition coefficient (Wildman–Crippen LogP) is 4.52. The van der Waals surface area contributed by atoms with Gasteiger partial charge < -0.3 is 20.1 Å². The van der Waals surface area contributed by atoms with Crippen molar-refractivity contribution < 1.29 is 29.6 Å². The van der Waals surface area contributed by atoms with Crippen LogP contribution in [0.1, 0.15) is 79.1 Å². The van der Waals surface area contributed by atoms with E-state index in [1.54, 1.807) is 0 Å². The lowest BCUT2D eigenvalue weighted by Crippen LogP contribution is -2.27. The van der Waals surface area contributed by atoms with Crippen LogP contribution in [0, 0.1) is 11.3 Å². The van der Waals surface area contributed by atoms with E-state index in [0.29, 0.717) is 25.0 Å². The number of aliphatic carboxylic acids is 1. The maximum Gasteiger partial charge on any atom is 0.332 e. The van der Waals surface area contributed by atoms with E-state index in [1.165, 1.54) is 6.92 Å². The normalized spacial score (nSPS) is 19.6. The Balaban J connectivity index is 2.80. The van der Waals surface area contributed by atoms with Crippen LogP contribution in [0.3, 0.4) is 0 Å². The van der Waals surface area contributed by atoms with Crippen LogP contribution in [0.2, 0.25) is 0 Å². The number of carbonyl (C=O) groups is 2. The zero-order valence-corrected chi connectivity index (χ0v) is 18.8. The molecular formula is C24H38O6. The fraction of sp³-hybridized carbons (Fsp3) is 0.667. The molecule has 0 fully saturated rings. The van der Waals surface area contributed by atoms with Crippen LogP contribution in [0.15, 0.2) is 35.6 Å². The van der Waals surface area contributed by atoms with Crippen LogP contribution < -0.4 is 0 Å². The molecule has 1 aliphatic carbocycles. The molecule has 6 heteroatoms. The first kappa shape index (κ1) is 26.1. The summed E-state index contributed by atoms with van der Waals surface area (Å²) in [6.07, 6.45) is 11.5. The lowest BCUT2D eigenvalue weighted by atomic mass is 9.81. The lowest BCUT2D eigenvalue weighted by Gasteiger charge is -2.28. The van der Waals surface area contributed by atoms with Gasteiger partial charge in [0.15, 0.2) is 6.10 Å². The summed E-state index contributed by atoms with van der Waals surface area (Å²) in [5.41, 5.74) is 0.813. The summed E-state index contributed by atoms with van der Waals surface area (Å²) in [6.45, 7) is 7.67. The Labute approximate surface area is 180 Å². The van der Waals surface area contributed by atoms with Crippen molar-refractivity contribution >= 4 is 11.9 Å². The van der Waals surface area contributed by atoms with E-state index in [2.05, 4.69) is 20.8 Å². The van der Waals surface area contributed by atoms with Gasteiger partial charge in [0.1, 0.15) is 5.76 Å². The van der Waals surface area contributed by atoms with Crippen molar-refractivity contribution in [3.8, 4) is 0 Å². The first-order valence-corrected chi connectivity index (χ1v) is 10.9. The molecule has 0 aromatic heterocycles. The third kappa shape index (κ3) is 8.84. The Morgan fingerprint density at radius 1 is 1.27 bits per heavy atom. The Kier molecular flexibility index (Phi) is 11.1. The van der Waals surface area contributed by atoms with Crippen LogP contribution in [0.4, 0.5) is 0 Å². The zero-order valence-electron chi connectivity index (χ0n) is 18.8. The molecule has 0 bridgehead atoms. The van der Waals surface area contributed by atoms with E-state index >= 15 is 0 Å². The first-order chi connectivity index (χ1) is 14.1. The topological polar surface area (TPSA) is 104 Å². The molecule has 1 unspecified atom stereocenters. The second-order valence-corrected chi connectivity index (χ2v) is 8.72.